The van der Waals surface area contributed by atoms with Crippen LogP contribution in [0.2, 0.25) is 0 Å². The molecule has 3 aromatic rings. The third kappa shape index (κ3) is 5.50. The van der Waals surface area contributed by atoms with Crippen molar-refractivity contribution in [2.45, 2.75) is 32.8 Å². The number of alkyl halides is 4. The van der Waals surface area contributed by atoms with E-state index in [1.807, 2.05) is 0 Å². The smallest absolute Gasteiger partial charge is 0.416 e. The molecule has 0 unspecified atom stereocenters. The highest BCUT2D eigenvalue weighted by Gasteiger charge is 2.31. The molecule has 2 heterocycles. The first kappa shape index (κ1) is 22.1. The Hall–Kier alpha value is -3.63. The van der Waals surface area contributed by atoms with Gasteiger partial charge in [0.25, 0.3) is 0 Å². The fraction of sp³-hybridized carbons (Fsp3) is 0.250. The zero-order valence-corrected chi connectivity index (χ0v) is 16.5. The average Bonchev–Trinajstić information content (AvgIpc) is 3.20. The van der Waals surface area contributed by atoms with Gasteiger partial charge in [-0.15, -0.1) is 5.10 Å². The molecule has 0 N–H and O–H groups in total. The monoisotopic (exact) mass is 435 g/mol. The summed E-state index contributed by atoms with van der Waals surface area (Å²) >= 11 is 0. The van der Waals surface area contributed by atoms with Gasteiger partial charge >= 0.3 is 12.1 Å². The van der Waals surface area contributed by atoms with Crippen LogP contribution in [0.15, 0.2) is 43.2 Å². The summed E-state index contributed by atoms with van der Waals surface area (Å²) in [5.41, 5.74) is -0.751. The van der Waals surface area contributed by atoms with Crippen LogP contribution in [0.25, 0.3) is 23.2 Å². The topological polar surface area (TPSA) is 82.8 Å². The van der Waals surface area contributed by atoms with Crippen LogP contribution in [0.4, 0.5) is 17.6 Å². The molecule has 0 saturated heterocycles. The van der Waals surface area contributed by atoms with E-state index < -0.39 is 30.5 Å². The van der Waals surface area contributed by atoms with Gasteiger partial charge in [0.05, 0.1) is 17.2 Å². The Morgan fingerprint density at radius 3 is 2.52 bits per heavy atom. The van der Waals surface area contributed by atoms with E-state index in [-0.39, 0.29) is 22.5 Å². The van der Waals surface area contributed by atoms with Crippen molar-refractivity contribution in [1.29, 1.82) is 0 Å². The molecule has 0 atom stereocenters. The lowest BCUT2D eigenvalue weighted by atomic mass is 10.1. The predicted molar refractivity (Wildman–Crippen MR) is 103 cm³/mol. The zero-order valence-electron chi connectivity index (χ0n) is 16.5. The molecular formula is C20H17F4N5O2. The molecule has 3 rings (SSSR count). The summed E-state index contributed by atoms with van der Waals surface area (Å²) in [6.45, 7) is 2.29. The van der Waals surface area contributed by atoms with Gasteiger partial charge in [-0.3, -0.25) is 0 Å². The molecule has 0 spiro atoms. The van der Waals surface area contributed by atoms with Crippen LogP contribution in [0.3, 0.4) is 0 Å². The number of aromatic nitrogens is 5. The summed E-state index contributed by atoms with van der Waals surface area (Å²) in [6, 6.07) is 2.80. The van der Waals surface area contributed by atoms with Gasteiger partial charge < -0.3 is 4.74 Å². The van der Waals surface area contributed by atoms with E-state index in [9.17, 15) is 22.4 Å². The van der Waals surface area contributed by atoms with Crippen LogP contribution >= 0.6 is 0 Å². The first-order valence-corrected chi connectivity index (χ1v) is 9.04. The van der Waals surface area contributed by atoms with E-state index in [2.05, 4.69) is 20.1 Å². The number of carbonyl (C=O) groups excluding carboxylic acids is 1. The molecule has 2 aromatic heterocycles. The Labute approximate surface area is 174 Å². The van der Waals surface area contributed by atoms with E-state index in [1.165, 1.54) is 37.3 Å². The van der Waals surface area contributed by atoms with Gasteiger partial charge in [0.15, 0.2) is 5.82 Å². The number of ether oxygens (including phenoxy) is 1. The molecular weight excluding hydrogens is 418 g/mol. The van der Waals surface area contributed by atoms with E-state index in [0.29, 0.717) is 5.56 Å². The Bertz CT molecular complexity index is 1090. The Balaban J connectivity index is 2.02. The second-order valence-electron chi connectivity index (χ2n) is 6.72. The van der Waals surface area contributed by atoms with Crippen LogP contribution in [0, 0.1) is 0 Å². The van der Waals surface area contributed by atoms with Crippen molar-refractivity contribution in [2.24, 2.45) is 0 Å². The molecule has 11 heteroatoms. The number of nitrogens with zero attached hydrogens (tertiary/aromatic N) is 5. The number of carbonyl (C=O) groups is 1. The lowest BCUT2D eigenvalue weighted by Crippen LogP contribution is -2.14. The van der Waals surface area contributed by atoms with Crippen molar-refractivity contribution in [1.82, 2.24) is 24.7 Å². The molecule has 0 saturated carbocycles. The molecule has 162 valence electrons. The number of rotatable bonds is 6. The molecule has 31 heavy (non-hydrogen) atoms. The van der Waals surface area contributed by atoms with Crippen LogP contribution in [0.5, 0.6) is 0 Å². The second-order valence-corrected chi connectivity index (χ2v) is 6.72. The maximum atomic E-state index is 13.1. The summed E-state index contributed by atoms with van der Waals surface area (Å²) in [5, 5.41) is 4.10. The van der Waals surface area contributed by atoms with Crippen molar-refractivity contribution >= 4 is 17.7 Å². The van der Waals surface area contributed by atoms with Gasteiger partial charge in [0.2, 0.25) is 0 Å². The molecule has 0 aliphatic carbocycles. The SMILES string of the molecule is CC(C)OC(=O)C(=Cn1cnc(-c2cc(CF)cc(C(F)(F)F)c2)n1)c1cncnc1. The van der Waals surface area contributed by atoms with Gasteiger partial charge in [-0.1, -0.05) is 0 Å². The van der Waals surface area contributed by atoms with E-state index in [1.54, 1.807) is 13.8 Å². The molecule has 0 aliphatic rings. The fourth-order valence-electron chi connectivity index (χ4n) is 2.62. The third-order valence-electron chi connectivity index (χ3n) is 3.94. The van der Waals surface area contributed by atoms with Crippen LogP contribution in [0.1, 0.15) is 30.5 Å². The third-order valence-corrected chi connectivity index (χ3v) is 3.94. The summed E-state index contributed by atoms with van der Waals surface area (Å²) in [4.78, 5) is 24.2. The van der Waals surface area contributed by atoms with Gasteiger partial charge in [0.1, 0.15) is 19.3 Å². The molecule has 0 bridgehead atoms. The molecule has 0 amide bonds. The number of halogens is 4. The minimum Gasteiger partial charge on any atom is -0.459 e. The van der Waals surface area contributed by atoms with E-state index in [4.69, 9.17) is 4.74 Å². The van der Waals surface area contributed by atoms with Crippen molar-refractivity contribution < 1.29 is 27.1 Å². The minimum absolute atomic E-state index is 0.0102. The average molecular weight is 435 g/mol. The lowest BCUT2D eigenvalue weighted by Gasteiger charge is -2.10. The van der Waals surface area contributed by atoms with Crippen molar-refractivity contribution in [2.75, 3.05) is 0 Å². The van der Waals surface area contributed by atoms with Crippen molar-refractivity contribution in [3.63, 3.8) is 0 Å². The fourth-order valence-corrected chi connectivity index (χ4v) is 2.62. The van der Waals surface area contributed by atoms with Gasteiger partial charge in [-0.2, -0.15) is 13.2 Å². The van der Waals surface area contributed by atoms with Crippen molar-refractivity contribution in [3.8, 4) is 11.4 Å². The number of hydrogen-bond acceptors (Lipinski definition) is 6. The standard InChI is InChI=1S/C20H17F4N5O2/c1-12(2)31-19(30)17(15-7-25-10-26-8-15)9-29-11-27-18(28-29)14-3-13(6-21)4-16(5-14)20(22,23)24/h3-5,7-12H,6H2,1-2H3. The first-order chi connectivity index (χ1) is 14.7. The van der Waals surface area contributed by atoms with Gasteiger partial charge in [0, 0.05) is 29.7 Å². The molecule has 0 fully saturated rings. The maximum Gasteiger partial charge on any atom is 0.416 e. The number of esters is 1. The van der Waals surface area contributed by atoms with E-state index >= 15 is 0 Å². The Kier molecular flexibility index (Phi) is 6.42. The highest BCUT2D eigenvalue weighted by molar-refractivity contribution is 6.20. The normalized spacial score (nSPS) is 12.3. The van der Waals surface area contributed by atoms with Gasteiger partial charge in [-0.05, 0) is 37.6 Å². The van der Waals surface area contributed by atoms with Crippen molar-refractivity contribution in [3.05, 3.63) is 59.9 Å². The summed E-state index contributed by atoms with van der Waals surface area (Å²) in [7, 11) is 0. The number of hydrogen-bond donors (Lipinski definition) is 0. The highest BCUT2D eigenvalue weighted by Crippen LogP contribution is 2.33. The van der Waals surface area contributed by atoms with Crippen LogP contribution in [-0.2, 0) is 22.4 Å². The largest absolute Gasteiger partial charge is 0.459 e. The molecule has 0 radical (unpaired) electrons. The van der Waals surface area contributed by atoms with E-state index in [0.717, 1.165) is 16.8 Å². The lowest BCUT2D eigenvalue weighted by molar-refractivity contribution is -0.140. The summed E-state index contributed by atoms with van der Waals surface area (Å²) in [5.74, 6) is -0.737. The Morgan fingerprint density at radius 2 is 1.90 bits per heavy atom. The zero-order chi connectivity index (χ0) is 22.6. The first-order valence-electron chi connectivity index (χ1n) is 9.04. The van der Waals surface area contributed by atoms with Crippen LogP contribution < -0.4 is 0 Å². The molecule has 7 nitrogen and oxygen atoms in total. The van der Waals surface area contributed by atoms with Gasteiger partial charge in [-0.25, -0.2) is 28.8 Å². The number of benzene rings is 1. The second kappa shape index (κ2) is 9.02. The predicted octanol–water partition coefficient (Wildman–Crippen LogP) is 4.17. The summed E-state index contributed by atoms with van der Waals surface area (Å²) in [6.07, 6.45) is 1.55. The molecule has 0 aliphatic heterocycles. The maximum absolute atomic E-state index is 13.1. The minimum atomic E-state index is -4.65. The molecule has 1 aromatic carbocycles. The Morgan fingerprint density at radius 1 is 1.19 bits per heavy atom. The van der Waals surface area contributed by atoms with Crippen LogP contribution in [-0.4, -0.2) is 36.8 Å². The highest BCUT2D eigenvalue weighted by atomic mass is 19.4. The summed E-state index contributed by atoms with van der Waals surface area (Å²) < 4.78 is 58.8. The quantitative estimate of drug-likeness (QED) is 0.328.